The molecule has 0 spiro atoms. The molecule has 0 aliphatic carbocycles. The summed E-state index contributed by atoms with van der Waals surface area (Å²) < 4.78 is 44.0. The SMILES string of the molecule is Cc1nn(C)c(Cl)c1/C=C/C(=O)OC(C)C(=O)Nc1ccc(C(F)(F)F)cc1. The first-order chi connectivity index (χ1) is 13.0. The van der Waals surface area contributed by atoms with Crippen molar-refractivity contribution in [3.05, 3.63) is 52.3 Å². The highest BCUT2D eigenvalue weighted by atomic mass is 35.5. The van der Waals surface area contributed by atoms with Crippen LogP contribution >= 0.6 is 11.6 Å². The van der Waals surface area contributed by atoms with Crippen LogP contribution in [0.25, 0.3) is 6.08 Å². The largest absolute Gasteiger partial charge is 0.449 e. The number of amides is 1. The highest BCUT2D eigenvalue weighted by molar-refractivity contribution is 6.31. The van der Waals surface area contributed by atoms with E-state index in [9.17, 15) is 22.8 Å². The monoisotopic (exact) mass is 415 g/mol. The van der Waals surface area contributed by atoms with E-state index in [0.29, 0.717) is 16.4 Å². The first-order valence-corrected chi connectivity index (χ1v) is 8.42. The number of carbonyl (C=O) groups excluding carboxylic acids is 2. The number of hydrogen-bond acceptors (Lipinski definition) is 4. The van der Waals surface area contributed by atoms with Crippen molar-refractivity contribution in [3.63, 3.8) is 0 Å². The minimum atomic E-state index is -4.47. The number of carbonyl (C=O) groups is 2. The van der Waals surface area contributed by atoms with Crippen molar-refractivity contribution in [2.75, 3.05) is 5.32 Å². The lowest BCUT2D eigenvalue weighted by Gasteiger charge is -2.13. The number of nitrogens with one attached hydrogen (secondary N) is 1. The Balaban J connectivity index is 1.94. The Bertz CT molecular complexity index is 905. The minimum Gasteiger partial charge on any atom is -0.449 e. The van der Waals surface area contributed by atoms with E-state index in [1.54, 1.807) is 14.0 Å². The summed E-state index contributed by atoms with van der Waals surface area (Å²) in [6.07, 6.45) is -3.09. The zero-order valence-electron chi connectivity index (χ0n) is 15.2. The zero-order chi connectivity index (χ0) is 21.1. The maximum atomic E-state index is 12.5. The van der Waals surface area contributed by atoms with Crippen molar-refractivity contribution < 1.29 is 27.5 Å². The minimum absolute atomic E-state index is 0.147. The lowest BCUT2D eigenvalue weighted by atomic mass is 10.2. The maximum absolute atomic E-state index is 12.5. The summed E-state index contributed by atoms with van der Waals surface area (Å²) in [5.74, 6) is -1.47. The van der Waals surface area contributed by atoms with Crippen LogP contribution in [-0.2, 0) is 27.5 Å². The fraction of sp³-hybridized carbons (Fsp3) is 0.278. The Morgan fingerprint density at radius 3 is 2.39 bits per heavy atom. The molecule has 28 heavy (non-hydrogen) atoms. The Hall–Kier alpha value is -2.81. The predicted molar refractivity (Wildman–Crippen MR) is 97.6 cm³/mol. The third kappa shape index (κ3) is 5.35. The summed E-state index contributed by atoms with van der Waals surface area (Å²) in [6, 6.07) is 3.91. The van der Waals surface area contributed by atoms with Gasteiger partial charge in [0.2, 0.25) is 0 Å². The van der Waals surface area contributed by atoms with Crippen LogP contribution in [0.5, 0.6) is 0 Å². The molecule has 0 saturated carbocycles. The normalized spacial score (nSPS) is 12.8. The van der Waals surface area contributed by atoms with Gasteiger partial charge in [-0.3, -0.25) is 9.48 Å². The van der Waals surface area contributed by atoms with Crippen LogP contribution in [0, 0.1) is 6.92 Å². The van der Waals surface area contributed by atoms with Gasteiger partial charge in [-0.25, -0.2) is 4.79 Å². The average Bonchev–Trinajstić information content (AvgIpc) is 2.84. The summed E-state index contributed by atoms with van der Waals surface area (Å²) in [5.41, 5.74) is 0.473. The van der Waals surface area contributed by atoms with Gasteiger partial charge in [0.1, 0.15) is 5.15 Å². The third-order valence-electron chi connectivity index (χ3n) is 3.72. The van der Waals surface area contributed by atoms with Crippen LogP contribution < -0.4 is 5.32 Å². The number of hydrogen-bond donors (Lipinski definition) is 1. The van der Waals surface area contributed by atoms with Gasteiger partial charge in [0.25, 0.3) is 5.91 Å². The number of halogens is 4. The highest BCUT2D eigenvalue weighted by Crippen LogP contribution is 2.29. The fourth-order valence-corrected chi connectivity index (χ4v) is 2.48. The van der Waals surface area contributed by atoms with E-state index < -0.39 is 29.7 Å². The number of esters is 1. The average molecular weight is 416 g/mol. The molecule has 150 valence electrons. The van der Waals surface area contributed by atoms with Gasteiger partial charge in [-0.2, -0.15) is 18.3 Å². The van der Waals surface area contributed by atoms with Gasteiger partial charge >= 0.3 is 12.1 Å². The number of rotatable bonds is 5. The highest BCUT2D eigenvalue weighted by Gasteiger charge is 2.30. The quantitative estimate of drug-likeness (QED) is 0.592. The zero-order valence-corrected chi connectivity index (χ0v) is 15.9. The molecule has 1 heterocycles. The molecular weight excluding hydrogens is 399 g/mol. The van der Waals surface area contributed by atoms with Crippen LogP contribution in [0.3, 0.4) is 0 Å². The number of aromatic nitrogens is 2. The Labute approximate surface area is 163 Å². The lowest BCUT2D eigenvalue weighted by molar-refractivity contribution is -0.148. The number of nitrogens with zero attached hydrogens (tertiary/aromatic N) is 2. The van der Waals surface area contributed by atoms with E-state index >= 15 is 0 Å². The van der Waals surface area contributed by atoms with Gasteiger partial charge in [0.05, 0.1) is 11.3 Å². The topological polar surface area (TPSA) is 73.2 Å². The number of anilines is 1. The Morgan fingerprint density at radius 1 is 1.29 bits per heavy atom. The van der Waals surface area contributed by atoms with E-state index in [4.69, 9.17) is 16.3 Å². The molecule has 10 heteroatoms. The molecule has 2 rings (SSSR count). The first kappa shape index (κ1) is 21.5. The van der Waals surface area contributed by atoms with Crippen molar-refractivity contribution in [1.29, 1.82) is 0 Å². The van der Waals surface area contributed by atoms with Gasteiger partial charge in [-0.15, -0.1) is 0 Å². The summed E-state index contributed by atoms with van der Waals surface area (Å²) in [7, 11) is 1.65. The second-order valence-corrected chi connectivity index (χ2v) is 6.25. The number of alkyl halides is 3. The fourth-order valence-electron chi connectivity index (χ4n) is 2.24. The van der Waals surface area contributed by atoms with Crippen LogP contribution in [0.4, 0.5) is 18.9 Å². The van der Waals surface area contributed by atoms with E-state index in [0.717, 1.165) is 30.3 Å². The number of benzene rings is 1. The second-order valence-electron chi connectivity index (χ2n) is 5.89. The molecule has 1 N–H and O–H groups in total. The smallest absolute Gasteiger partial charge is 0.416 e. The van der Waals surface area contributed by atoms with Crippen molar-refractivity contribution in [3.8, 4) is 0 Å². The van der Waals surface area contributed by atoms with Crippen molar-refractivity contribution >= 4 is 35.2 Å². The predicted octanol–water partition coefficient (Wildman–Crippen LogP) is 3.98. The summed E-state index contributed by atoms with van der Waals surface area (Å²) in [6.45, 7) is 3.06. The molecule has 0 bridgehead atoms. The van der Waals surface area contributed by atoms with Crippen LogP contribution in [0.15, 0.2) is 30.3 Å². The second kappa shape index (κ2) is 8.47. The molecule has 0 radical (unpaired) electrons. The number of aryl methyl sites for hydroxylation is 2. The van der Waals surface area contributed by atoms with Crippen LogP contribution in [0.2, 0.25) is 5.15 Å². The molecule has 1 unspecified atom stereocenters. The summed E-state index contributed by atoms with van der Waals surface area (Å²) in [5, 5.41) is 6.81. The van der Waals surface area contributed by atoms with E-state index in [-0.39, 0.29) is 5.69 Å². The molecule has 1 aromatic carbocycles. The van der Waals surface area contributed by atoms with E-state index in [2.05, 4.69) is 10.4 Å². The summed E-state index contributed by atoms with van der Waals surface area (Å²) >= 11 is 6.05. The van der Waals surface area contributed by atoms with E-state index in [1.807, 2.05) is 0 Å². The van der Waals surface area contributed by atoms with Crippen LogP contribution in [0.1, 0.15) is 23.7 Å². The van der Waals surface area contributed by atoms with Crippen LogP contribution in [-0.4, -0.2) is 27.8 Å². The maximum Gasteiger partial charge on any atom is 0.416 e. The van der Waals surface area contributed by atoms with Gasteiger partial charge in [-0.05, 0) is 44.2 Å². The van der Waals surface area contributed by atoms with Gasteiger partial charge in [0.15, 0.2) is 6.10 Å². The van der Waals surface area contributed by atoms with Gasteiger partial charge in [0, 0.05) is 24.4 Å². The molecule has 1 amide bonds. The van der Waals surface area contributed by atoms with Crippen molar-refractivity contribution in [2.45, 2.75) is 26.1 Å². The van der Waals surface area contributed by atoms with Gasteiger partial charge < -0.3 is 10.1 Å². The standard InChI is InChI=1S/C18H17ClF3N3O3/c1-10-14(16(19)25(3)24-10)8-9-15(26)28-11(2)17(27)23-13-6-4-12(5-7-13)18(20,21)22/h4-9,11H,1-3H3,(H,23,27)/b9-8+. The first-order valence-electron chi connectivity index (χ1n) is 8.05. The lowest BCUT2D eigenvalue weighted by Crippen LogP contribution is -2.29. The molecule has 0 aliphatic rings. The summed E-state index contributed by atoms with van der Waals surface area (Å²) in [4.78, 5) is 23.9. The molecule has 1 atom stereocenters. The Morgan fingerprint density at radius 2 is 1.89 bits per heavy atom. The van der Waals surface area contributed by atoms with Crippen molar-refractivity contribution in [1.82, 2.24) is 9.78 Å². The Kier molecular flexibility index (Phi) is 6.50. The molecule has 0 aliphatic heterocycles. The molecule has 6 nitrogen and oxygen atoms in total. The van der Waals surface area contributed by atoms with Gasteiger partial charge in [-0.1, -0.05) is 11.6 Å². The molecule has 0 saturated heterocycles. The third-order valence-corrected chi connectivity index (χ3v) is 4.17. The molecule has 2 aromatic rings. The van der Waals surface area contributed by atoms with E-state index in [1.165, 1.54) is 17.7 Å². The van der Waals surface area contributed by atoms with Crippen molar-refractivity contribution in [2.24, 2.45) is 7.05 Å². The number of ether oxygens (including phenoxy) is 1. The molecule has 1 aromatic heterocycles. The molecule has 0 fully saturated rings. The molecular formula is C18H17ClF3N3O3.